The van der Waals surface area contributed by atoms with Crippen molar-refractivity contribution in [2.75, 3.05) is 11.9 Å². The van der Waals surface area contributed by atoms with Crippen molar-refractivity contribution in [2.24, 2.45) is 0 Å². The molecule has 0 bridgehead atoms. The molecule has 6 nitrogen and oxygen atoms in total. The fourth-order valence-corrected chi connectivity index (χ4v) is 5.07. The molecule has 146 valence electrons. The van der Waals surface area contributed by atoms with E-state index in [0.717, 1.165) is 0 Å². The van der Waals surface area contributed by atoms with Gasteiger partial charge in [-0.1, -0.05) is 18.5 Å². The summed E-state index contributed by atoms with van der Waals surface area (Å²) in [5.41, 5.74) is -0.0644. The van der Waals surface area contributed by atoms with E-state index in [-0.39, 0.29) is 27.8 Å². The number of anilines is 1. The minimum Gasteiger partial charge on any atom is -0.338 e. The summed E-state index contributed by atoms with van der Waals surface area (Å²) in [4.78, 5) is 12.5. The maximum Gasteiger partial charge on any atom is 0.273 e. The Morgan fingerprint density at radius 3 is 2.48 bits per heavy atom. The minimum atomic E-state index is -3.92. The standard InChI is InChI=1S/C16H15ClF3N3O3S/c1-2-21-27(25,26)15-11-4-3-5-23(11)14(12(15)17)16(24)22-8-6-9(18)13(20)10(19)7-8/h6-7,21H,2-5H2,1H3,(H,22,24). The fourth-order valence-electron chi connectivity index (χ4n) is 3.09. The molecule has 3 rings (SSSR count). The summed E-state index contributed by atoms with van der Waals surface area (Å²) in [6, 6.07) is 1.24. The first-order valence-corrected chi connectivity index (χ1v) is 9.90. The van der Waals surface area contributed by atoms with Gasteiger partial charge in [0.2, 0.25) is 10.0 Å². The van der Waals surface area contributed by atoms with Gasteiger partial charge in [0.25, 0.3) is 5.91 Å². The number of aromatic nitrogens is 1. The van der Waals surface area contributed by atoms with Crippen LogP contribution in [-0.4, -0.2) is 25.4 Å². The normalized spacial score (nSPS) is 13.7. The number of sulfonamides is 1. The molecule has 27 heavy (non-hydrogen) atoms. The van der Waals surface area contributed by atoms with Crippen LogP contribution in [0, 0.1) is 17.5 Å². The quantitative estimate of drug-likeness (QED) is 0.728. The van der Waals surface area contributed by atoms with Crippen molar-refractivity contribution in [3.63, 3.8) is 0 Å². The molecule has 0 fully saturated rings. The van der Waals surface area contributed by atoms with Crippen LogP contribution in [0.4, 0.5) is 18.9 Å². The van der Waals surface area contributed by atoms with Gasteiger partial charge in [-0.25, -0.2) is 26.3 Å². The van der Waals surface area contributed by atoms with Crippen LogP contribution in [0.3, 0.4) is 0 Å². The van der Waals surface area contributed by atoms with E-state index in [4.69, 9.17) is 11.6 Å². The molecule has 1 aliphatic heterocycles. The number of hydrogen-bond donors (Lipinski definition) is 2. The van der Waals surface area contributed by atoms with Crippen LogP contribution < -0.4 is 10.0 Å². The summed E-state index contributed by atoms with van der Waals surface area (Å²) in [6.45, 7) is 2.11. The van der Waals surface area contributed by atoms with Crippen molar-refractivity contribution in [1.29, 1.82) is 0 Å². The second-order valence-electron chi connectivity index (χ2n) is 5.90. The third-order valence-corrected chi connectivity index (χ3v) is 6.25. The maximum atomic E-state index is 13.4. The highest BCUT2D eigenvalue weighted by molar-refractivity contribution is 7.89. The first-order chi connectivity index (χ1) is 12.7. The topological polar surface area (TPSA) is 80.2 Å². The summed E-state index contributed by atoms with van der Waals surface area (Å²) in [5.74, 6) is -5.44. The van der Waals surface area contributed by atoms with Gasteiger partial charge in [0.05, 0.1) is 5.02 Å². The molecule has 0 atom stereocenters. The minimum absolute atomic E-state index is 0.134. The molecule has 0 aliphatic carbocycles. The van der Waals surface area contributed by atoms with E-state index < -0.39 is 33.4 Å². The summed E-state index contributed by atoms with van der Waals surface area (Å²) >= 11 is 6.21. The van der Waals surface area contributed by atoms with Gasteiger partial charge in [0.15, 0.2) is 17.5 Å². The second-order valence-corrected chi connectivity index (χ2v) is 7.98. The van der Waals surface area contributed by atoms with Crippen LogP contribution in [0.15, 0.2) is 17.0 Å². The van der Waals surface area contributed by atoms with Crippen LogP contribution in [0.25, 0.3) is 0 Å². The molecular formula is C16H15ClF3N3O3S. The van der Waals surface area contributed by atoms with Gasteiger partial charge >= 0.3 is 0 Å². The largest absolute Gasteiger partial charge is 0.338 e. The Kier molecular flexibility index (Phi) is 5.24. The summed E-state index contributed by atoms with van der Waals surface area (Å²) < 4.78 is 68.5. The van der Waals surface area contributed by atoms with Crippen LogP contribution in [0.2, 0.25) is 5.02 Å². The van der Waals surface area contributed by atoms with Crippen molar-refractivity contribution < 1.29 is 26.4 Å². The number of carbonyl (C=O) groups is 1. The van der Waals surface area contributed by atoms with Crippen molar-refractivity contribution in [2.45, 2.75) is 31.2 Å². The third-order valence-electron chi connectivity index (χ3n) is 4.12. The lowest BCUT2D eigenvalue weighted by Gasteiger charge is -2.09. The maximum absolute atomic E-state index is 13.4. The number of benzene rings is 1. The lowest BCUT2D eigenvalue weighted by atomic mass is 10.2. The SMILES string of the molecule is CCNS(=O)(=O)c1c(Cl)c(C(=O)Nc2cc(F)c(F)c(F)c2)n2c1CCC2. The summed E-state index contributed by atoms with van der Waals surface area (Å²) in [6.07, 6.45) is 1.02. The van der Waals surface area contributed by atoms with Crippen molar-refractivity contribution in [1.82, 2.24) is 9.29 Å². The lowest BCUT2D eigenvalue weighted by molar-refractivity contribution is 0.101. The van der Waals surface area contributed by atoms with Crippen molar-refractivity contribution >= 4 is 33.2 Å². The number of halogens is 4. The number of hydrogen-bond acceptors (Lipinski definition) is 3. The number of nitrogens with one attached hydrogen (secondary N) is 2. The average molecular weight is 422 g/mol. The highest BCUT2D eigenvalue weighted by Crippen LogP contribution is 2.36. The number of carbonyl (C=O) groups excluding carboxylic acids is 1. The van der Waals surface area contributed by atoms with Crippen LogP contribution in [0.1, 0.15) is 29.5 Å². The zero-order valence-electron chi connectivity index (χ0n) is 14.1. The Bertz CT molecular complexity index is 1010. The van der Waals surface area contributed by atoms with Gasteiger partial charge < -0.3 is 9.88 Å². The Labute approximate surface area is 158 Å². The number of amides is 1. The van der Waals surface area contributed by atoms with E-state index in [1.54, 1.807) is 6.92 Å². The van der Waals surface area contributed by atoms with Gasteiger partial charge in [0.1, 0.15) is 10.6 Å². The first-order valence-electron chi connectivity index (χ1n) is 8.03. The van der Waals surface area contributed by atoms with E-state index in [2.05, 4.69) is 10.0 Å². The molecule has 1 aromatic carbocycles. The molecule has 2 heterocycles. The summed E-state index contributed by atoms with van der Waals surface area (Å²) in [7, 11) is -3.92. The molecule has 0 spiro atoms. The molecule has 0 saturated heterocycles. The van der Waals surface area contributed by atoms with E-state index >= 15 is 0 Å². The van der Waals surface area contributed by atoms with Gasteiger partial charge in [-0.05, 0) is 12.8 Å². The van der Waals surface area contributed by atoms with E-state index in [1.165, 1.54) is 4.57 Å². The lowest BCUT2D eigenvalue weighted by Crippen LogP contribution is -2.24. The van der Waals surface area contributed by atoms with E-state index in [9.17, 15) is 26.4 Å². The molecule has 11 heteroatoms. The van der Waals surface area contributed by atoms with E-state index in [0.29, 0.717) is 37.2 Å². The predicted molar refractivity (Wildman–Crippen MR) is 92.9 cm³/mol. The monoisotopic (exact) mass is 421 g/mol. The Hall–Kier alpha value is -2.04. The van der Waals surface area contributed by atoms with Crippen LogP contribution in [-0.2, 0) is 23.0 Å². The smallest absolute Gasteiger partial charge is 0.273 e. The molecule has 1 amide bonds. The Balaban J connectivity index is 2.04. The van der Waals surface area contributed by atoms with Crippen LogP contribution in [0.5, 0.6) is 0 Å². The van der Waals surface area contributed by atoms with Crippen molar-refractivity contribution in [3.8, 4) is 0 Å². The molecule has 1 aliphatic rings. The molecule has 2 N–H and O–H groups in total. The Morgan fingerprint density at radius 2 is 1.89 bits per heavy atom. The molecule has 0 saturated carbocycles. The zero-order valence-corrected chi connectivity index (χ0v) is 15.6. The zero-order chi connectivity index (χ0) is 19.9. The van der Waals surface area contributed by atoms with Gasteiger partial charge in [-0.3, -0.25) is 4.79 Å². The van der Waals surface area contributed by atoms with E-state index in [1.807, 2.05) is 0 Å². The number of rotatable bonds is 5. The van der Waals surface area contributed by atoms with Crippen molar-refractivity contribution in [3.05, 3.63) is 46.0 Å². The average Bonchev–Trinajstić information content (AvgIpc) is 3.11. The molecule has 0 radical (unpaired) electrons. The van der Waals surface area contributed by atoms with Gasteiger partial charge in [-0.2, -0.15) is 0 Å². The second kappa shape index (κ2) is 7.17. The molecule has 0 unspecified atom stereocenters. The predicted octanol–water partition coefficient (Wildman–Crippen LogP) is 3.06. The van der Waals surface area contributed by atoms with Crippen LogP contribution >= 0.6 is 11.6 Å². The molecule has 2 aromatic rings. The first kappa shape index (κ1) is 19.7. The number of fused-ring (bicyclic) bond motifs is 1. The summed E-state index contributed by atoms with van der Waals surface area (Å²) in [5, 5.41) is 1.96. The van der Waals surface area contributed by atoms with Gasteiger partial charge in [-0.15, -0.1) is 0 Å². The Morgan fingerprint density at radius 1 is 1.26 bits per heavy atom. The fraction of sp³-hybridized carbons (Fsp3) is 0.312. The molecule has 1 aromatic heterocycles. The molecular weight excluding hydrogens is 407 g/mol. The third kappa shape index (κ3) is 3.44. The highest BCUT2D eigenvalue weighted by Gasteiger charge is 2.34. The number of nitrogens with zero attached hydrogens (tertiary/aromatic N) is 1. The highest BCUT2D eigenvalue weighted by atomic mass is 35.5. The van der Waals surface area contributed by atoms with Gasteiger partial charge in [0, 0.05) is 36.6 Å².